The highest BCUT2D eigenvalue weighted by molar-refractivity contribution is 6.03. The van der Waals surface area contributed by atoms with Crippen LogP contribution < -0.4 is 5.73 Å². The Kier molecular flexibility index (Phi) is 4.37. The normalized spacial score (nSPS) is 16.2. The van der Waals surface area contributed by atoms with Crippen LogP contribution in [0.3, 0.4) is 0 Å². The predicted octanol–water partition coefficient (Wildman–Crippen LogP) is 2.41. The fourth-order valence-electron chi connectivity index (χ4n) is 3.28. The zero-order valence-corrected chi connectivity index (χ0v) is 15.2. The van der Waals surface area contributed by atoms with Crippen molar-refractivity contribution < 1.29 is 8.97 Å². The average Bonchev–Trinajstić information content (AvgIpc) is 3.00. The SMILES string of the molecule is CN(C)CC1=CC=[N+]2C(=NC(c3ccc(F)cc3)=C2c2ccnc(N)n2)C1. The molecule has 2 aliphatic heterocycles. The minimum absolute atomic E-state index is 0.202. The maximum atomic E-state index is 13.4. The minimum atomic E-state index is -0.281. The van der Waals surface area contributed by atoms with Crippen molar-refractivity contribution in [3.63, 3.8) is 0 Å². The van der Waals surface area contributed by atoms with Crippen LogP contribution in [0.5, 0.6) is 0 Å². The van der Waals surface area contributed by atoms with Crippen LogP contribution in [0.4, 0.5) is 10.3 Å². The molecule has 2 N–H and O–H groups in total. The van der Waals surface area contributed by atoms with E-state index < -0.39 is 0 Å². The number of aromatic nitrogens is 2. The Bertz CT molecular complexity index is 1020. The number of fused-ring (bicyclic) bond motifs is 1. The molecule has 2 aromatic rings. The molecule has 6 nitrogen and oxygen atoms in total. The molecule has 0 unspecified atom stereocenters. The molecule has 136 valence electrons. The number of nitrogens with zero attached hydrogens (tertiary/aromatic N) is 5. The molecule has 0 fully saturated rings. The van der Waals surface area contributed by atoms with Crippen molar-refractivity contribution in [2.75, 3.05) is 26.4 Å². The number of nitrogens with two attached hydrogens (primary N) is 1. The van der Waals surface area contributed by atoms with Gasteiger partial charge in [-0.25, -0.2) is 14.4 Å². The zero-order chi connectivity index (χ0) is 19.0. The molecule has 0 aliphatic carbocycles. The molecule has 1 aromatic carbocycles. The third-order valence-electron chi connectivity index (χ3n) is 4.38. The number of rotatable bonds is 4. The Labute approximate surface area is 156 Å². The largest absolute Gasteiger partial charge is 0.368 e. The molecule has 2 aliphatic rings. The van der Waals surface area contributed by atoms with E-state index in [1.807, 2.05) is 24.9 Å². The molecule has 0 amide bonds. The molecule has 27 heavy (non-hydrogen) atoms. The fourth-order valence-corrected chi connectivity index (χ4v) is 3.28. The Hall–Kier alpha value is -3.19. The first-order valence-electron chi connectivity index (χ1n) is 8.65. The third kappa shape index (κ3) is 3.41. The van der Waals surface area contributed by atoms with Gasteiger partial charge in [-0.1, -0.05) is 0 Å². The summed E-state index contributed by atoms with van der Waals surface area (Å²) in [5, 5.41) is 0. The summed E-state index contributed by atoms with van der Waals surface area (Å²) >= 11 is 0. The van der Waals surface area contributed by atoms with Crippen LogP contribution in [-0.2, 0) is 0 Å². The zero-order valence-electron chi connectivity index (χ0n) is 15.2. The van der Waals surface area contributed by atoms with Crippen molar-refractivity contribution in [1.29, 1.82) is 0 Å². The number of benzene rings is 1. The first-order chi connectivity index (χ1) is 13.0. The van der Waals surface area contributed by atoms with E-state index in [0.29, 0.717) is 5.69 Å². The molecule has 4 rings (SSSR count). The lowest BCUT2D eigenvalue weighted by Crippen LogP contribution is -2.25. The number of allylic oxidation sites excluding steroid dienone is 1. The van der Waals surface area contributed by atoms with Crippen LogP contribution >= 0.6 is 0 Å². The van der Waals surface area contributed by atoms with Gasteiger partial charge in [-0.05, 0) is 61.1 Å². The maximum Gasteiger partial charge on any atom is 0.308 e. The van der Waals surface area contributed by atoms with E-state index in [9.17, 15) is 4.39 Å². The van der Waals surface area contributed by atoms with Gasteiger partial charge in [0, 0.05) is 18.3 Å². The molecule has 3 heterocycles. The highest BCUT2D eigenvalue weighted by atomic mass is 19.1. The smallest absolute Gasteiger partial charge is 0.308 e. The number of hydrogen-bond donors (Lipinski definition) is 1. The molecule has 0 bridgehead atoms. The monoisotopic (exact) mass is 363 g/mol. The number of halogens is 1. The fraction of sp³-hybridized carbons (Fsp3) is 0.200. The van der Waals surface area contributed by atoms with Crippen LogP contribution in [-0.4, -0.2) is 52.1 Å². The maximum absolute atomic E-state index is 13.4. The molecule has 1 aromatic heterocycles. The number of nitrogen functional groups attached to an aromatic ring is 1. The highest BCUT2D eigenvalue weighted by Crippen LogP contribution is 2.35. The molecule has 0 saturated carbocycles. The van der Waals surface area contributed by atoms with E-state index in [0.717, 1.165) is 35.8 Å². The summed E-state index contributed by atoms with van der Waals surface area (Å²) in [7, 11) is 4.09. The first-order valence-corrected chi connectivity index (χ1v) is 8.65. The van der Waals surface area contributed by atoms with E-state index in [2.05, 4.69) is 20.9 Å². The molecule has 0 radical (unpaired) electrons. The summed E-state index contributed by atoms with van der Waals surface area (Å²) in [6, 6.07) is 8.13. The van der Waals surface area contributed by atoms with Crippen molar-refractivity contribution in [3.05, 3.63) is 65.3 Å². The molecule has 0 saturated heterocycles. The summed E-state index contributed by atoms with van der Waals surface area (Å²) < 4.78 is 15.4. The second-order valence-corrected chi connectivity index (χ2v) is 6.79. The van der Waals surface area contributed by atoms with Gasteiger partial charge in [-0.15, -0.1) is 0 Å². The minimum Gasteiger partial charge on any atom is -0.368 e. The van der Waals surface area contributed by atoms with E-state index in [1.54, 1.807) is 24.4 Å². The summed E-state index contributed by atoms with van der Waals surface area (Å²) in [4.78, 5) is 15.4. The van der Waals surface area contributed by atoms with Crippen LogP contribution in [0.15, 0.2) is 53.2 Å². The van der Waals surface area contributed by atoms with Crippen molar-refractivity contribution >= 4 is 29.4 Å². The molecular formula is C20H20FN6+. The third-order valence-corrected chi connectivity index (χ3v) is 4.38. The Morgan fingerprint density at radius 2 is 1.96 bits per heavy atom. The number of hydrogen-bond acceptors (Lipinski definition) is 5. The molecule has 0 spiro atoms. The Morgan fingerprint density at radius 3 is 2.67 bits per heavy atom. The van der Waals surface area contributed by atoms with Crippen LogP contribution in [0, 0.1) is 5.82 Å². The molecular weight excluding hydrogens is 343 g/mol. The van der Waals surface area contributed by atoms with Gasteiger partial charge in [0.05, 0.1) is 12.6 Å². The van der Waals surface area contributed by atoms with E-state index in [-0.39, 0.29) is 11.8 Å². The summed E-state index contributed by atoms with van der Waals surface area (Å²) in [6.07, 6.45) is 6.48. The Morgan fingerprint density at radius 1 is 1.19 bits per heavy atom. The van der Waals surface area contributed by atoms with E-state index >= 15 is 0 Å². The molecule has 0 atom stereocenters. The number of anilines is 1. The number of amidine groups is 1. The second-order valence-electron chi connectivity index (χ2n) is 6.79. The standard InChI is InChI=1S/C20H20FN6/c1-26(2)12-13-8-10-27-17(11-13)25-18(14-3-5-15(21)6-4-14)19(27)16-7-9-23-20(22)24-16/h3-10H,11-12H2,1-2H3,(H2,22,23,24)/q+1. The van der Waals surface area contributed by atoms with Crippen LogP contribution in [0.1, 0.15) is 17.7 Å². The van der Waals surface area contributed by atoms with Gasteiger partial charge in [0.1, 0.15) is 11.5 Å². The lowest BCUT2D eigenvalue weighted by atomic mass is 10.1. The van der Waals surface area contributed by atoms with Gasteiger partial charge in [0.25, 0.3) is 0 Å². The van der Waals surface area contributed by atoms with Crippen LogP contribution in [0.2, 0.25) is 0 Å². The summed E-state index contributed by atoms with van der Waals surface area (Å²) in [6.45, 7) is 0.866. The first kappa shape index (κ1) is 17.2. The van der Waals surface area contributed by atoms with Gasteiger partial charge in [-0.2, -0.15) is 4.58 Å². The molecule has 7 heteroatoms. The van der Waals surface area contributed by atoms with Gasteiger partial charge < -0.3 is 10.6 Å². The summed E-state index contributed by atoms with van der Waals surface area (Å²) in [5.41, 5.74) is 10.2. The van der Waals surface area contributed by atoms with Gasteiger partial charge >= 0.3 is 5.84 Å². The highest BCUT2D eigenvalue weighted by Gasteiger charge is 2.37. The van der Waals surface area contributed by atoms with Crippen LogP contribution in [0.25, 0.3) is 11.4 Å². The number of likely N-dealkylation sites (N-methyl/N-ethyl adjacent to an activating group) is 1. The van der Waals surface area contributed by atoms with Crippen molar-refractivity contribution in [1.82, 2.24) is 14.9 Å². The Balaban J connectivity index is 1.84. The van der Waals surface area contributed by atoms with Crippen molar-refractivity contribution in [3.8, 4) is 0 Å². The van der Waals surface area contributed by atoms with E-state index in [1.165, 1.54) is 17.7 Å². The van der Waals surface area contributed by atoms with Crippen molar-refractivity contribution in [2.45, 2.75) is 6.42 Å². The lowest BCUT2D eigenvalue weighted by molar-refractivity contribution is -0.289. The quantitative estimate of drug-likeness (QED) is 0.847. The lowest BCUT2D eigenvalue weighted by Gasteiger charge is -2.15. The van der Waals surface area contributed by atoms with E-state index in [4.69, 9.17) is 10.7 Å². The number of aliphatic imine (C=N–C) groups is 1. The van der Waals surface area contributed by atoms with Crippen molar-refractivity contribution in [2.24, 2.45) is 4.99 Å². The van der Waals surface area contributed by atoms with Gasteiger partial charge in [0.2, 0.25) is 17.3 Å². The second kappa shape index (κ2) is 6.85. The average molecular weight is 363 g/mol. The predicted molar refractivity (Wildman–Crippen MR) is 105 cm³/mol. The topological polar surface area (TPSA) is 70.4 Å². The van der Waals surface area contributed by atoms with Gasteiger partial charge in [-0.3, -0.25) is 0 Å². The summed E-state index contributed by atoms with van der Waals surface area (Å²) in [5.74, 6) is 0.839. The van der Waals surface area contributed by atoms with Gasteiger partial charge in [0.15, 0.2) is 0 Å².